The maximum absolute atomic E-state index is 9.80. The highest BCUT2D eigenvalue weighted by Gasteiger charge is 2.11. The van der Waals surface area contributed by atoms with E-state index in [1.165, 1.54) is 0 Å². The molecule has 0 saturated heterocycles. The zero-order valence-electron chi connectivity index (χ0n) is 8.90. The van der Waals surface area contributed by atoms with E-state index < -0.39 is 6.10 Å². The standard InChI is InChI=1S/C10H19N3O/c1-3-5-11-8-9(14)10-12-6-7-13(10)4-2/h6-7,9,11,14H,3-5,8H2,1-2H3. The second-order valence-corrected chi connectivity index (χ2v) is 3.29. The third-order valence-electron chi connectivity index (χ3n) is 2.15. The molecule has 0 radical (unpaired) electrons. The Labute approximate surface area is 85.0 Å². The molecule has 0 amide bonds. The predicted molar refractivity (Wildman–Crippen MR) is 56.0 cm³/mol. The molecule has 4 heteroatoms. The maximum atomic E-state index is 9.80. The minimum Gasteiger partial charge on any atom is -0.384 e. The van der Waals surface area contributed by atoms with Crippen molar-refractivity contribution < 1.29 is 5.11 Å². The fourth-order valence-corrected chi connectivity index (χ4v) is 1.39. The van der Waals surface area contributed by atoms with Crippen LogP contribution in [0.2, 0.25) is 0 Å². The van der Waals surface area contributed by atoms with Gasteiger partial charge in [-0.2, -0.15) is 0 Å². The van der Waals surface area contributed by atoms with Gasteiger partial charge in [0.15, 0.2) is 0 Å². The highest BCUT2D eigenvalue weighted by molar-refractivity contribution is 4.96. The Bertz CT molecular complexity index is 260. The first kappa shape index (κ1) is 11.2. The first-order valence-corrected chi connectivity index (χ1v) is 5.19. The van der Waals surface area contributed by atoms with Gasteiger partial charge in [0.05, 0.1) is 0 Å². The number of aliphatic hydroxyl groups is 1. The van der Waals surface area contributed by atoms with Crippen LogP contribution in [-0.4, -0.2) is 27.7 Å². The Kier molecular flexibility index (Phi) is 4.62. The average molecular weight is 197 g/mol. The second kappa shape index (κ2) is 5.78. The van der Waals surface area contributed by atoms with E-state index in [4.69, 9.17) is 0 Å². The molecule has 1 atom stereocenters. The van der Waals surface area contributed by atoms with Gasteiger partial charge in [-0.05, 0) is 19.9 Å². The molecule has 1 heterocycles. The van der Waals surface area contributed by atoms with Crippen LogP contribution in [0, 0.1) is 0 Å². The smallest absolute Gasteiger partial charge is 0.138 e. The summed E-state index contributed by atoms with van der Waals surface area (Å²) in [5.74, 6) is 0.746. The van der Waals surface area contributed by atoms with E-state index in [2.05, 4.69) is 17.2 Å². The van der Waals surface area contributed by atoms with Gasteiger partial charge in [-0.15, -0.1) is 0 Å². The Morgan fingerprint density at radius 3 is 3.00 bits per heavy atom. The quantitative estimate of drug-likeness (QED) is 0.667. The number of hydrogen-bond donors (Lipinski definition) is 2. The lowest BCUT2D eigenvalue weighted by Crippen LogP contribution is -2.24. The average Bonchev–Trinajstić information content (AvgIpc) is 2.65. The minimum absolute atomic E-state index is 0.503. The lowest BCUT2D eigenvalue weighted by atomic mass is 10.3. The Hall–Kier alpha value is -0.870. The topological polar surface area (TPSA) is 50.1 Å². The number of hydrogen-bond acceptors (Lipinski definition) is 3. The number of rotatable bonds is 6. The van der Waals surface area contributed by atoms with Crippen molar-refractivity contribution in [2.75, 3.05) is 13.1 Å². The number of aliphatic hydroxyl groups excluding tert-OH is 1. The summed E-state index contributed by atoms with van der Waals surface area (Å²) in [7, 11) is 0. The third-order valence-corrected chi connectivity index (χ3v) is 2.15. The van der Waals surface area contributed by atoms with E-state index in [1.54, 1.807) is 6.20 Å². The van der Waals surface area contributed by atoms with Crippen molar-refractivity contribution in [3.63, 3.8) is 0 Å². The molecule has 0 bridgehead atoms. The predicted octanol–water partition coefficient (Wildman–Crippen LogP) is 0.936. The van der Waals surface area contributed by atoms with Crippen LogP contribution in [0.5, 0.6) is 0 Å². The number of aryl methyl sites for hydroxylation is 1. The molecule has 0 aliphatic heterocycles. The molecule has 0 spiro atoms. The van der Waals surface area contributed by atoms with Crippen LogP contribution < -0.4 is 5.32 Å². The number of imidazole rings is 1. The van der Waals surface area contributed by atoms with Crippen molar-refractivity contribution in [1.29, 1.82) is 0 Å². The number of nitrogens with zero attached hydrogens (tertiary/aromatic N) is 2. The summed E-state index contributed by atoms with van der Waals surface area (Å²) >= 11 is 0. The minimum atomic E-state index is -0.503. The molecule has 0 fully saturated rings. The Morgan fingerprint density at radius 2 is 2.36 bits per heavy atom. The van der Waals surface area contributed by atoms with Crippen molar-refractivity contribution in [3.05, 3.63) is 18.2 Å². The van der Waals surface area contributed by atoms with Crippen molar-refractivity contribution in [2.45, 2.75) is 32.9 Å². The second-order valence-electron chi connectivity index (χ2n) is 3.29. The van der Waals surface area contributed by atoms with Crippen LogP contribution in [0.1, 0.15) is 32.2 Å². The molecule has 1 aromatic heterocycles. The zero-order chi connectivity index (χ0) is 10.4. The van der Waals surface area contributed by atoms with Crippen LogP contribution in [0.25, 0.3) is 0 Å². The van der Waals surface area contributed by atoms with Gasteiger partial charge < -0.3 is 15.0 Å². The van der Waals surface area contributed by atoms with Gasteiger partial charge >= 0.3 is 0 Å². The highest BCUT2D eigenvalue weighted by Crippen LogP contribution is 2.09. The molecule has 2 N–H and O–H groups in total. The van der Waals surface area contributed by atoms with Crippen LogP contribution in [0.3, 0.4) is 0 Å². The van der Waals surface area contributed by atoms with Crippen LogP contribution in [0.15, 0.2) is 12.4 Å². The van der Waals surface area contributed by atoms with Crippen LogP contribution in [0.4, 0.5) is 0 Å². The van der Waals surface area contributed by atoms with Gasteiger partial charge in [-0.3, -0.25) is 0 Å². The van der Waals surface area contributed by atoms with E-state index >= 15 is 0 Å². The molecular formula is C10H19N3O. The Balaban J connectivity index is 2.47. The lowest BCUT2D eigenvalue weighted by molar-refractivity contribution is 0.161. The summed E-state index contributed by atoms with van der Waals surface area (Å²) in [5.41, 5.74) is 0. The van der Waals surface area contributed by atoms with Crippen molar-refractivity contribution in [2.24, 2.45) is 0 Å². The van der Waals surface area contributed by atoms with Gasteiger partial charge in [0, 0.05) is 25.5 Å². The summed E-state index contributed by atoms with van der Waals surface area (Å²) in [5, 5.41) is 13.0. The van der Waals surface area contributed by atoms with Crippen molar-refractivity contribution in [3.8, 4) is 0 Å². The van der Waals surface area contributed by atoms with E-state index in [0.29, 0.717) is 6.54 Å². The molecule has 0 saturated carbocycles. The lowest BCUT2D eigenvalue weighted by Gasteiger charge is -2.12. The molecule has 1 unspecified atom stereocenters. The monoisotopic (exact) mass is 197 g/mol. The third kappa shape index (κ3) is 2.82. The molecule has 0 aromatic carbocycles. The molecule has 1 rings (SSSR count). The first-order valence-electron chi connectivity index (χ1n) is 5.19. The van der Waals surface area contributed by atoms with E-state index in [1.807, 2.05) is 17.7 Å². The van der Waals surface area contributed by atoms with Gasteiger partial charge in [0.2, 0.25) is 0 Å². The fourth-order valence-electron chi connectivity index (χ4n) is 1.39. The van der Waals surface area contributed by atoms with Crippen LogP contribution >= 0.6 is 0 Å². The van der Waals surface area contributed by atoms with E-state index in [0.717, 1.165) is 25.3 Å². The molecule has 1 aromatic rings. The molecule has 80 valence electrons. The normalized spacial score (nSPS) is 13.1. The van der Waals surface area contributed by atoms with Gasteiger partial charge in [-0.25, -0.2) is 4.98 Å². The maximum Gasteiger partial charge on any atom is 0.138 e. The van der Waals surface area contributed by atoms with Gasteiger partial charge in [-0.1, -0.05) is 6.92 Å². The van der Waals surface area contributed by atoms with Gasteiger partial charge in [0.1, 0.15) is 11.9 Å². The molecule has 4 nitrogen and oxygen atoms in total. The molecule has 0 aliphatic rings. The summed E-state index contributed by atoms with van der Waals surface area (Å²) in [6, 6.07) is 0. The van der Waals surface area contributed by atoms with Crippen LogP contribution in [-0.2, 0) is 6.54 Å². The largest absolute Gasteiger partial charge is 0.384 e. The summed E-state index contributed by atoms with van der Waals surface area (Å²) in [4.78, 5) is 4.14. The SMILES string of the molecule is CCCNCC(O)c1nccn1CC. The zero-order valence-corrected chi connectivity index (χ0v) is 8.90. The first-order chi connectivity index (χ1) is 6.79. The molecule has 0 aliphatic carbocycles. The van der Waals surface area contributed by atoms with E-state index in [9.17, 15) is 5.11 Å². The Morgan fingerprint density at radius 1 is 1.57 bits per heavy atom. The molecular weight excluding hydrogens is 178 g/mol. The number of nitrogens with one attached hydrogen (secondary N) is 1. The summed E-state index contributed by atoms with van der Waals surface area (Å²) < 4.78 is 1.96. The van der Waals surface area contributed by atoms with Gasteiger partial charge in [0.25, 0.3) is 0 Å². The fraction of sp³-hybridized carbons (Fsp3) is 0.700. The number of aromatic nitrogens is 2. The molecule has 14 heavy (non-hydrogen) atoms. The van der Waals surface area contributed by atoms with Crippen molar-refractivity contribution >= 4 is 0 Å². The summed E-state index contributed by atoms with van der Waals surface area (Å²) in [6.45, 7) is 6.50. The highest BCUT2D eigenvalue weighted by atomic mass is 16.3. The summed E-state index contributed by atoms with van der Waals surface area (Å²) in [6.07, 6.45) is 4.19. The van der Waals surface area contributed by atoms with Crippen molar-refractivity contribution in [1.82, 2.24) is 14.9 Å². The van der Waals surface area contributed by atoms with E-state index in [-0.39, 0.29) is 0 Å².